The molecule has 1 aliphatic heterocycles. The Hall–Kier alpha value is -1.75. The van der Waals surface area contributed by atoms with Crippen LogP contribution in [0.4, 0.5) is 0 Å². The van der Waals surface area contributed by atoms with Crippen LogP contribution in [0.1, 0.15) is 30.6 Å². The van der Waals surface area contributed by atoms with E-state index < -0.39 is 0 Å². The number of rotatable bonds is 5. The first-order valence-corrected chi connectivity index (χ1v) is 6.50. The van der Waals surface area contributed by atoms with Gasteiger partial charge < -0.3 is 20.5 Å². The number of amides is 1. The van der Waals surface area contributed by atoms with Gasteiger partial charge in [-0.05, 0) is 30.5 Å². The van der Waals surface area contributed by atoms with E-state index in [-0.39, 0.29) is 18.7 Å². The van der Waals surface area contributed by atoms with Crippen molar-refractivity contribution in [1.29, 1.82) is 0 Å². The summed E-state index contributed by atoms with van der Waals surface area (Å²) >= 11 is 0. The second-order valence-corrected chi connectivity index (χ2v) is 5.10. The van der Waals surface area contributed by atoms with E-state index in [2.05, 4.69) is 19.2 Å². The van der Waals surface area contributed by atoms with Crippen molar-refractivity contribution in [2.45, 2.75) is 26.3 Å². The molecule has 1 aromatic carbocycles. The average molecular weight is 264 g/mol. The summed E-state index contributed by atoms with van der Waals surface area (Å²) in [5.74, 6) is 1.65. The molecule has 0 aliphatic carbocycles. The zero-order chi connectivity index (χ0) is 13.8. The van der Waals surface area contributed by atoms with Crippen molar-refractivity contribution in [2.24, 2.45) is 11.7 Å². The number of nitrogens with one attached hydrogen (secondary N) is 1. The smallest absolute Gasteiger partial charge is 0.251 e. The minimum absolute atomic E-state index is 0.00192. The van der Waals surface area contributed by atoms with Crippen molar-refractivity contribution in [1.82, 2.24) is 5.32 Å². The highest BCUT2D eigenvalue weighted by Crippen LogP contribution is 2.32. The number of carbonyl (C=O) groups is 1. The molecule has 0 bridgehead atoms. The average Bonchev–Trinajstić information content (AvgIpc) is 2.84. The Kier molecular flexibility index (Phi) is 4.27. The van der Waals surface area contributed by atoms with Gasteiger partial charge in [0.2, 0.25) is 6.79 Å². The molecule has 104 valence electrons. The van der Waals surface area contributed by atoms with E-state index >= 15 is 0 Å². The molecule has 0 fully saturated rings. The van der Waals surface area contributed by atoms with Crippen LogP contribution >= 0.6 is 0 Å². The Bertz CT molecular complexity index is 460. The normalized spacial score (nSPS) is 14.5. The Morgan fingerprint density at radius 3 is 2.79 bits per heavy atom. The SMILES string of the molecule is CC(C)CC(CN)NC(=O)c1ccc2c(c1)OCO2. The van der Waals surface area contributed by atoms with Gasteiger partial charge >= 0.3 is 0 Å². The zero-order valence-electron chi connectivity index (χ0n) is 11.3. The maximum Gasteiger partial charge on any atom is 0.251 e. The van der Waals surface area contributed by atoms with Gasteiger partial charge in [0.1, 0.15) is 0 Å². The van der Waals surface area contributed by atoms with Gasteiger partial charge in [0, 0.05) is 18.2 Å². The molecule has 1 aromatic rings. The third-order valence-electron chi connectivity index (χ3n) is 3.01. The lowest BCUT2D eigenvalue weighted by Crippen LogP contribution is -2.41. The summed E-state index contributed by atoms with van der Waals surface area (Å²) < 4.78 is 10.5. The van der Waals surface area contributed by atoms with Gasteiger partial charge in [-0.3, -0.25) is 4.79 Å². The molecule has 19 heavy (non-hydrogen) atoms. The summed E-state index contributed by atoms with van der Waals surface area (Å²) in [5, 5.41) is 2.95. The Morgan fingerprint density at radius 1 is 1.37 bits per heavy atom. The maximum absolute atomic E-state index is 12.1. The molecule has 1 heterocycles. The summed E-state index contributed by atoms with van der Waals surface area (Å²) in [5.41, 5.74) is 6.24. The minimum Gasteiger partial charge on any atom is -0.454 e. The van der Waals surface area contributed by atoms with E-state index in [4.69, 9.17) is 15.2 Å². The molecule has 1 aliphatic rings. The van der Waals surface area contributed by atoms with Gasteiger partial charge in [0.05, 0.1) is 0 Å². The first-order chi connectivity index (χ1) is 9.10. The predicted molar refractivity (Wildman–Crippen MR) is 72.3 cm³/mol. The van der Waals surface area contributed by atoms with E-state index in [9.17, 15) is 4.79 Å². The van der Waals surface area contributed by atoms with Gasteiger partial charge in [-0.25, -0.2) is 0 Å². The highest BCUT2D eigenvalue weighted by Gasteiger charge is 2.18. The van der Waals surface area contributed by atoms with Crippen LogP contribution in [-0.4, -0.2) is 25.3 Å². The van der Waals surface area contributed by atoms with Gasteiger partial charge in [0.25, 0.3) is 5.91 Å². The van der Waals surface area contributed by atoms with E-state index in [0.29, 0.717) is 29.5 Å². The number of fused-ring (bicyclic) bond motifs is 1. The predicted octanol–water partition coefficient (Wildman–Crippen LogP) is 1.52. The molecule has 0 saturated heterocycles. The van der Waals surface area contributed by atoms with E-state index in [1.165, 1.54) is 0 Å². The third-order valence-corrected chi connectivity index (χ3v) is 3.01. The molecule has 0 spiro atoms. The van der Waals surface area contributed by atoms with Crippen LogP contribution in [0.3, 0.4) is 0 Å². The van der Waals surface area contributed by atoms with E-state index in [1.54, 1.807) is 18.2 Å². The highest BCUT2D eigenvalue weighted by atomic mass is 16.7. The van der Waals surface area contributed by atoms with Crippen molar-refractivity contribution in [2.75, 3.05) is 13.3 Å². The molecular weight excluding hydrogens is 244 g/mol. The van der Waals surface area contributed by atoms with Crippen LogP contribution in [-0.2, 0) is 0 Å². The van der Waals surface area contributed by atoms with Gasteiger partial charge in [-0.2, -0.15) is 0 Å². The summed E-state index contributed by atoms with van der Waals surface area (Å²) in [4.78, 5) is 12.1. The summed E-state index contributed by atoms with van der Waals surface area (Å²) in [7, 11) is 0. The molecule has 5 nitrogen and oxygen atoms in total. The molecule has 1 atom stereocenters. The lowest BCUT2D eigenvalue weighted by atomic mass is 10.0. The monoisotopic (exact) mass is 264 g/mol. The lowest BCUT2D eigenvalue weighted by Gasteiger charge is -2.18. The Morgan fingerprint density at radius 2 is 2.11 bits per heavy atom. The van der Waals surface area contributed by atoms with Gasteiger partial charge in [-0.1, -0.05) is 13.8 Å². The number of benzene rings is 1. The second kappa shape index (κ2) is 5.93. The molecule has 0 aromatic heterocycles. The van der Waals surface area contributed by atoms with Crippen LogP contribution in [0.15, 0.2) is 18.2 Å². The number of hydrogen-bond acceptors (Lipinski definition) is 4. The first kappa shape index (κ1) is 13.7. The number of nitrogens with two attached hydrogens (primary N) is 1. The molecule has 3 N–H and O–H groups in total. The Balaban J connectivity index is 2.03. The van der Waals surface area contributed by atoms with E-state index in [1.807, 2.05) is 0 Å². The fourth-order valence-electron chi connectivity index (χ4n) is 2.09. The standard InChI is InChI=1S/C14H20N2O3/c1-9(2)5-11(7-15)16-14(17)10-3-4-12-13(6-10)19-8-18-12/h3-4,6,9,11H,5,7-8,15H2,1-2H3,(H,16,17). The largest absolute Gasteiger partial charge is 0.454 e. The number of ether oxygens (including phenoxy) is 2. The molecule has 1 amide bonds. The van der Waals surface area contributed by atoms with Crippen molar-refractivity contribution < 1.29 is 14.3 Å². The van der Waals surface area contributed by atoms with Crippen molar-refractivity contribution in [3.8, 4) is 11.5 Å². The van der Waals surface area contributed by atoms with E-state index in [0.717, 1.165) is 6.42 Å². The molecule has 0 radical (unpaired) electrons. The summed E-state index contributed by atoms with van der Waals surface area (Å²) in [6.07, 6.45) is 0.868. The zero-order valence-corrected chi connectivity index (χ0v) is 11.3. The summed E-state index contributed by atoms with van der Waals surface area (Å²) in [6, 6.07) is 5.17. The first-order valence-electron chi connectivity index (χ1n) is 6.50. The fourth-order valence-corrected chi connectivity index (χ4v) is 2.09. The van der Waals surface area contributed by atoms with Crippen LogP contribution in [0, 0.1) is 5.92 Å². The van der Waals surface area contributed by atoms with Crippen LogP contribution in [0.25, 0.3) is 0 Å². The highest BCUT2D eigenvalue weighted by molar-refractivity contribution is 5.95. The van der Waals surface area contributed by atoms with Gasteiger partial charge in [0.15, 0.2) is 11.5 Å². The molecule has 1 unspecified atom stereocenters. The van der Waals surface area contributed by atoms with Crippen LogP contribution in [0.5, 0.6) is 11.5 Å². The third kappa shape index (κ3) is 3.38. The summed E-state index contributed by atoms with van der Waals surface area (Å²) in [6.45, 7) is 4.86. The number of carbonyl (C=O) groups excluding carboxylic acids is 1. The van der Waals surface area contributed by atoms with Crippen molar-refractivity contribution >= 4 is 5.91 Å². The molecule has 5 heteroatoms. The van der Waals surface area contributed by atoms with Crippen LogP contribution in [0.2, 0.25) is 0 Å². The Labute approximate surface area is 113 Å². The topological polar surface area (TPSA) is 73.6 Å². The number of hydrogen-bond donors (Lipinski definition) is 2. The second-order valence-electron chi connectivity index (χ2n) is 5.10. The van der Waals surface area contributed by atoms with Crippen LogP contribution < -0.4 is 20.5 Å². The van der Waals surface area contributed by atoms with Gasteiger partial charge in [-0.15, -0.1) is 0 Å². The van der Waals surface area contributed by atoms with Crippen molar-refractivity contribution in [3.05, 3.63) is 23.8 Å². The lowest BCUT2D eigenvalue weighted by molar-refractivity contribution is 0.0933. The maximum atomic E-state index is 12.1. The molecule has 0 saturated carbocycles. The van der Waals surface area contributed by atoms with Crippen molar-refractivity contribution in [3.63, 3.8) is 0 Å². The minimum atomic E-state index is -0.130. The molecular formula is C14H20N2O3. The fraction of sp³-hybridized carbons (Fsp3) is 0.500. The quantitative estimate of drug-likeness (QED) is 0.845. The molecule has 2 rings (SSSR count).